The van der Waals surface area contributed by atoms with Crippen molar-refractivity contribution in [1.29, 1.82) is 0 Å². The van der Waals surface area contributed by atoms with Gasteiger partial charge in [0.1, 0.15) is 0 Å². The predicted molar refractivity (Wildman–Crippen MR) is 95.6 cm³/mol. The first-order chi connectivity index (χ1) is 11.1. The minimum Gasteiger partial charge on any atom is -0.295 e. The topological polar surface area (TPSA) is 63.2 Å². The molecule has 128 valence electrons. The Bertz CT molecular complexity index is 814. The fourth-order valence-corrected chi connectivity index (χ4v) is 3.27. The lowest BCUT2D eigenvalue weighted by Crippen LogP contribution is -2.23. The molecule has 0 aliphatic heterocycles. The molecule has 1 N–H and O–H groups in total. The molecule has 0 unspecified atom stereocenters. The maximum Gasteiger partial charge on any atom is 0.240 e. The number of Topliss-reactive ketones (excluding diaryl/α,β-unsaturated/α-hetero) is 1. The van der Waals surface area contributed by atoms with E-state index >= 15 is 0 Å². The third-order valence-corrected chi connectivity index (χ3v) is 5.27. The Morgan fingerprint density at radius 1 is 0.958 bits per heavy atom. The standard InChI is InChI=1S/C19H23NO3S/c1-14(21)16-7-11-18(12-8-16)24(22,23)20-13-15-5-9-17(10-6-15)19(2,3)4/h5-12,20H,13H2,1-4H3. The monoisotopic (exact) mass is 345 g/mol. The van der Waals surface area contributed by atoms with E-state index in [2.05, 4.69) is 25.5 Å². The summed E-state index contributed by atoms with van der Waals surface area (Å²) in [5.74, 6) is -0.0918. The van der Waals surface area contributed by atoms with Crippen LogP contribution in [0.15, 0.2) is 53.4 Å². The summed E-state index contributed by atoms with van der Waals surface area (Å²) < 4.78 is 27.2. The molecule has 0 spiro atoms. The van der Waals surface area contributed by atoms with E-state index in [9.17, 15) is 13.2 Å². The van der Waals surface area contributed by atoms with Crippen LogP contribution in [0, 0.1) is 0 Å². The van der Waals surface area contributed by atoms with Crippen molar-refractivity contribution in [2.75, 3.05) is 0 Å². The summed E-state index contributed by atoms with van der Waals surface area (Å²) in [6.45, 7) is 8.07. The molecule has 2 aromatic rings. The van der Waals surface area contributed by atoms with Gasteiger partial charge in [-0.1, -0.05) is 57.2 Å². The Balaban J connectivity index is 2.08. The van der Waals surface area contributed by atoms with Crippen LogP contribution in [0.25, 0.3) is 0 Å². The fraction of sp³-hybridized carbons (Fsp3) is 0.316. The summed E-state index contributed by atoms with van der Waals surface area (Å²) in [7, 11) is -3.60. The van der Waals surface area contributed by atoms with Crippen molar-refractivity contribution in [2.24, 2.45) is 0 Å². The Kier molecular flexibility index (Phi) is 5.26. The van der Waals surface area contributed by atoms with Crippen LogP contribution in [0.4, 0.5) is 0 Å². The van der Waals surface area contributed by atoms with Gasteiger partial charge in [-0.2, -0.15) is 0 Å². The second kappa shape index (κ2) is 6.87. The van der Waals surface area contributed by atoms with Gasteiger partial charge in [0, 0.05) is 12.1 Å². The van der Waals surface area contributed by atoms with Crippen molar-refractivity contribution in [3.63, 3.8) is 0 Å². The van der Waals surface area contributed by atoms with E-state index in [-0.39, 0.29) is 22.6 Å². The van der Waals surface area contributed by atoms with Gasteiger partial charge < -0.3 is 0 Å². The SMILES string of the molecule is CC(=O)c1ccc(S(=O)(=O)NCc2ccc(C(C)(C)C)cc2)cc1. The molecule has 4 nitrogen and oxygen atoms in total. The number of hydrogen-bond acceptors (Lipinski definition) is 3. The Morgan fingerprint density at radius 3 is 1.96 bits per heavy atom. The lowest BCUT2D eigenvalue weighted by Gasteiger charge is -2.19. The summed E-state index contributed by atoms with van der Waals surface area (Å²) >= 11 is 0. The van der Waals surface area contributed by atoms with Gasteiger partial charge in [-0.15, -0.1) is 0 Å². The van der Waals surface area contributed by atoms with Crippen molar-refractivity contribution >= 4 is 15.8 Å². The molecule has 0 saturated carbocycles. The maximum absolute atomic E-state index is 12.3. The van der Waals surface area contributed by atoms with Gasteiger partial charge in [0.25, 0.3) is 0 Å². The summed E-state index contributed by atoms with van der Waals surface area (Å²) in [5.41, 5.74) is 2.66. The van der Waals surface area contributed by atoms with Gasteiger partial charge >= 0.3 is 0 Å². The van der Waals surface area contributed by atoms with E-state index in [0.29, 0.717) is 5.56 Å². The van der Waals surface area contributed by atoms with Crippen LogP contribution in [0.2, 0.25) is 0 Å². The lowest BCUT2D eigenvalue weighted by molar-refractivity contribution is 0.101. The predicted octanol–water partition coefficient (Wildman–Crippen LogP) is 3.67. The van der Waals surface area contributed by atoms with Gasteiger partial charge in [-0.25, -0.2) is 13.1 Å². The van der Waals surface area contributed by atoms with Crippen molar-refractivity contribution in [1.82, 2.24) is 4.72 Å². The van der Waals surface area contributed by atoms with Gasteiger partial charge in [-0.05, 0) is 35.6 Å². The molecule has 0 radical (unpaired) electrons. The summed E-state index contributed by atoms with van der Waals surface area (Å²) in [6, 6.07) is 13.8. The molecule has 0 fully saturated rings. The number of hydrogen-bond donors (Lipinski definition) is 1. The molecule has 0 aliphatic carbocycles. The van der Waals surface area contributed by atoms with E-state index in [1.807, 2.05) is 24.3 Å². The quantitative estimate of drug-likeness (QED) is 0.841. The van der Waals surface area contributed by atoms with Crippen LogP contribution in [0.5, 0.6) is 0 Å². The Hall–Kier alpha value is -1.98. The molecule has 5 heteroatoms. The first kappa shape index (κ1) is 18.4. The molecule has 0 aromatic heterocycles. The number of ketones is 1. The second-order valence-electron chi connectivity index (χ2n) is 6.85. The van der Waals surface area contributed by atoms with Crippen molar-refractivity contribution in [2.45, 2.75) is 44.6 Å². The van der Waals surface area contributed by atoms with E-state index in [1.54, 1.807) is 0 Å². The van der Waals surface area contributed by atoms with Crippen LogP contribution >= 0.6 is 0 Å². The maximum atomic E-state index is 12.3. The number of rotatable bonds is 5. The summed E-state index contributed by atoms with van der Waals surface area (Å²) in [6.07, 6.45) is 0. The number of carbonyl (C=O) groups excluding carboxylic acids is 1. The molecule has 0 bridgehead atoms. The molecular formula is C19H23NO3S. The van der Waals surface area contributed by atoms with Crippen LogP contribution in [-0.2, 0) is 22.0 Å². The zero-order chi connectivity index (χ0) is 18.0. The molecule has 0 aliphatic rings. The zero-order valence-electron chi connectivity index (χ0n) is 14.5. The molecular weight excluding hydrogens is 322 g/mol. The highest BCUT2D eigenvalue weighted by molar-refractivity contribution is 7.89. The van der Waals surface area contributed by atoms with E-state index in [1.165, 1.54) is 36.8 Å². The smallest absolute Gasteiger partial charge is 0.240 e. The molecule has 0 atom stereocenters. The van der Waals surface area contributed by atoms with Gasteiger partial charge in [0.2, 0.25) is 10.0 Å². The molecule has 0 heterocycles. The van der Waals surface area contributed by atoms with Crippen molar-refractivity contribution < 1.29 is 13.2 Å². The first-order valence-corrected chi connectivity index (χ1v) is 9.28. The zero-order valence-corrected chi connectivity index (χ0v) is 15.3. The van der Waals surface area contributed by atoms with Crippen LogP contribution < -0.4 is 4.72 Å². The molecule has 2 rings (SSSR count). The second-order valence-corrected chi connectivity index (χ2v) is 8.62. The number of carbonyl (C=O) groups is 1. The number of nitrogens with one attached hydrogen (secondary N) is 1. The highest BCUT2D eigenvalue weighted by Gasteiger charge is 2.15. The third kappa shape index (κ3) is 4.52. The minimum absolute atomic E-state index is 0.0660. The average Bonchev–Trinajstić information content (AvgIpc) is 2.52. The first-order valence-electron chi connectivity index (χ1n) is 7.80. The molecule has 0 amide bonds. The highest BCUT2D eigenvalue weighted by atomic mass is 32.2. The highest BCUT2D eigenvalue weighted by Crippen LogP contribution is 2.22. The normalized spacial score (nSPS) is 12.2. The Morgan fingerprint density at radius 2 is 1.50 bits per heavy atom. The van der Waals surface area contributed by atoms with Crippen molar-refractivity contribution in [3.05, 3.63) is 65.2 Å². The third-order valence-electron chi connectivity index (χ3n) is 3.86. The summed E-state index contributed by atoms with van der Waals surface area (Å²) in [5, 5.41) is 0. The average molecular weight is 345 g/mol. The van der Waals surface area contributed by atoms with E-state index in [4.69, 9.17) is 0 Å². The van der Waals surface area contributed by atoms with Gasteiger partial charge in [-0.3, -0.25) is 4.79 Å². The van der Waals surface area contributed by atoms with Gasteiger partial charge in [0.05, 0.1) is 4.90 Å². The van der Waals surface area contributed by atoms with E-state index in [0.717, 1.165) is 5.56 Å². The van der Waals surface area contributed by atoms with Crippen LogP contribution in [-0.4, -0.2) is 14.2 Å². The fourth-order valence-electron chi connectivity index (χ4n) is 2.25. The van der Waals surface area contributed by atoms with Crippen LogP contribution in [0.3, 0.4) is 0 Å². The van der Waals surface area contributed by atoms with Gasteiger partial charge in [0.15, 0.2) is 5.78 Å². The number of benzene rings is 2. The minimum atomic E-state index is -3.60. The van der Waals surface area contributed by atoms with E-state index < -0.39 is 10.0 Å². The lowest BCUT2D eigenvalue weighted by atomic mass is 9.87. The largest absolute Gasteiger partial charge is 0.295 e. The molecule has 0 saturated heterocycles. The Labute approximate surface area is 144 Å². The number of sulfonamides is 1. The molecule has 24 heavy (non-hydrogen) atoms. The van der Waals surface area contributed by atoms with Crippen molar-refractivity contribution in [3.8, 4) is 0 Å². The van der Waals surface area contributed by atoms with Crippen LogP contribution in [0.1, 0.15) is 49.2 Å². The summed E-state index contributed by atoms with van der Waals surface area (Å²) in [4.78, 5) is 11.4. The molecule has 2 aromatic carbocycles.